The fraction of sp³-hybridized carbons (Fsp3) is 0.294. The largest absolute Gasteiger partial charge is 0.508 e. The Balaban J connectivity index is 1.37. The minimum Gasteiger partial charge on any atom is -0.508 e. The number of hydrogen-bond acceptors (Lipinski definition) is 5. The summed E-state index contributed by atoms with van der Waals surface area (Å²) in [6.45, 7) is 3.65. The third kappa shape index (κ3) is 3.87. The second-order valence-electron chi connectivity index (χ2n) is 12.1. The quantitative estimate of drug-likeness (QED) is 0.270. The van der Waals surface area contributed by atoms with E-state index in [4.69, 9.17) is 23.2 Å². The number of benzene rings is 3. The number of rotatable bonds is 3. The number of nitrogens with zero attached hydrogens (tertiary/aromatic N) is 2. The minimum absolute atomic E-state index is 0.0239. The summed E-state index contributed by atoms with van der Waals surface area (Å²) in [5, 5.41) is 10.9. The summed E-state index contributed by atoms with van der Waals surface area (Å²) in [6, 6.07) is 18.6. The molecule has 0 aromatic heterocycles. The van der Waals surface area contributed by atoms with Gasteiger partial charge in [0, 0.05) is 16.0 Å². The molecule has 2 saturated heterocycles. The molecule has 7 nitrogen and oxygen atoms in total. The zero-order valence-corrected chi connectivity index (χ0v) is 25.0. The van der Waals surface area contributed by atoms with Crippen LogP contribution in [0.25, 0.3) is 0 Å². The SMILES string of the molecule is Cc1ccc(N2C(=O)[C@H]3[C@H](CC=C4[C@H]3C[C@H]3C(=O)N(c5ccccc5)C(=O)[C@@]3(C)[C@H]4c3ccc(O)cc3Cl)C2=O)cc1Cl. The van der Waals surface area contributed by atoms with E-state index >= 15 is 0 Å². The molecule has 1 N–H and O–H groups in total. The van der Waals surface area contributed by atoms with E-state index in [1.165, 1.54) is 21.9 Å². The van der Waals surface area contributed by atoms with Crippen LogP contribution in [0.2, 0.25) is 10.0 Å². The maximum Gasteiger partial charge on any atom is 0.241 e. The van der Waals surface area contributed by atoms with Crippen LogP contribution in [0.1, 0.15) is 36.8 Å². The van der Waals surface area contributed by atoms with Gasteiger partial charge in [-0.05, 0) is 80.1 Å². The number of phenolic OH excluding ortho intramolecular Hbond substituents is 1. The molecule has 2 heterocycles. The van der Waals surface area contributed by atoms with Crippen LogP contribution in [-0.2, 0) is 19.2 Å². The van der Waals surface area contributed by atoms with E-state index in [1.54, 1.807) is 55.5 Å². The first-order valence-electron chi connectivity index (χ1n) is 14.3. The summed E-state index contributed by atoms with van der Waals surface area (Å²) in [6.07, 6.45) is 2.53. The van der Waals surface area contributed by atoms with Crippen LogP contribution in [0.3, 0.4) is 0 Å². The highest BCUT2D eigenvalue weighted by molar-refractivity contribution is 6.32. The molecule has 3 fully saturated rings. The fourth-order valence-corrected chi connectivity index (χ4v) is 8.37. The van der Waals surface area contributed by atoms with Crippen molar-refractivity contribution in [1.29, 1.82) is 0 Å². The first kappa shape index (κ1) is 27.9. The molecule has 3 aromatic rings. The Hall–Kier alpha value is -3.94. The molecule has 43 heavy (non-hydrogen) atoms. The van der Waals surface area contributed by atoms with Crippen LogP contribution in [0.15, 0.2) is 78.4 Å². The van der Waals surface area contributed by atoms with Gasteiger partial charge in [-0.2, -0.15) is 0 Å². The van der Waals surface area contributed by atoms with Crippen LogP contribution in [0.5, 0.6) is 5.75 Å². The summed E-state index contributed by atoms with van der Waals surface area (Å²) >= 11 is 13.1. The number of halogens is 2. The molecule has 6 atom stereocenters. The van der Waals surface area contributed by atoms with Crippen LogP contribution in [0, 0.1) is 36.0 Å². The van der Waals surface area contributed by atoms with Gasteiger partial charge in [-0.3, -0.25) is 19.2 Å². The van der Waals surface area contributed by atoms with Crippen LogP contribution >= 0.6 is 23.2 Å². The van der Waals surface area contributed by atoms with Gasteiger partial charge in [-0.25, -0.2) is 9.80 Å². The number of anilines is 2. The molecule has 0 bridgehead atoms. The zero-order valence-electron chi connectivity index (χ0n) is 23.5. The molecule has 3 aromatic carbocycles. The fourth-order valence-electron chi connectivity index (χ4n) is 7.91. The van der Waals surface area contributed by atoms with Crippen molar-refractivity contribution in [1.82, 2.24) is 0 Å². The Morgan fingerprint density at radius 2 is 1.56 bits per heavy atom. The average molecular weight is 616 g/mol. The van der Waals surface area contributed by atoms with E-state index in [0.717, 1.165) is 11.1 Å². The van der Waals surface area contributed by atoms with Gasteiger partial charge in [0.15, 0.2) is 0 Å². The second-order valence-corrected chi connectivity index (χ2v) is 13.0. The Bertz CT molecular complexity index is 1770. The molecule has 218 valence electrons. The highest BCUT2D eigenvalue weighted by Gasteiger charge is 2.67. The monoisotopic (exact) mass is 614 g/mol. The van der Waals surface area contributed by atoms with Crippen molar-refractivity contribution < 1.29 is 24.3 Å². The molecule has 0 unspecified atom stereocenters. The Morgan fingerprint density at radius 1 is 0.814 bits per heavy atom. The van der Waals surface area contributed by atoms with Crippen molar-refractivity contribution >= 4 is 58.2 Å². The summed E-state index contributed by atoms with van der Waals surface area (Å²) in [7, 11) is 0. The highest BCUT2D eigenvalue weighted by atomic mass is 35.5. The normalized spacial score (nSPS) is 29.9. The number of phenols is 1. The van der Waals surface area contributed by atoms with Gasteiger partial charge in [-0.1, -0.05) is 65.2 Å². The molecule has 0 radical (unpaired) electrons. The number of imide groups is 2. The number of aromatic hydroxyl groups is 1. The Kier molecular flexibility index (Phi) is 6.35. The van der Waals surface area contributed by atoms with Crippen LogP contribution < -0.4 is 9.80 Å². The number of aryl methyl sites for hydroxylation is 1. The smallest absolute Gasteiger partial charge is 0.241 e. The predicted octanol–water partition coefficient (Wildman–Crippen LogP) is 6.44. The van der Waals surface area contributed by atoms with Crippen molar-refractivity contribution in [3.8, 4) is 5.75 Å². The summed E-state index contributed by atoms with van der Waals surface area (Å²) in [4.78, 5) is 59.0. The van der Waals surface area contributed by atoms with E-state index in [1.807, 2.05) is 19.1 Å². The van der Waals surface area contributed by atoms with Crippen molar-refractivity contribution in [2.45, 2.75) is 32.6 Å². The van der Waals surface area contributed by atoms with Crippen molar-refractivity contribution in [2.24, 2.45) is 29.1 Å². The lowest BCUT2D eigenvalue weighted by atomic mass is 9.51. The highest BCUT2D eigenvalue weighted by Crippen LogP contribution is 2.64. The number of hydrogen-bond donors (Lipinski definition) is 1. The lowest BCUT2D eigenvalue weighted by Crippen LogP contribution is -2.49. The standard InChI is InChI=1S/C34H28Cl2N2O5/c1-17-8-9-19(14-26(17)35)37-30(40)23-13-12-21-24(28(23)32(37)42)16-25-31(41)38(18-6-4-3-5-7-18)33(43)34(25,2)29(21)22-11-10-20(39)15-27(22)36/h3-12,14-15,23-25,28-29,39H,13,16H2,1-2H3/t23-,24+,25-,28-,29+,34+/m0/s1. The number of amides is 4. The first-order chi connectivity index (χ1) is 20.5. The number of carbonyl (C=O) groups is 4. The number of para-hydroxylation sites is 1. The Labute approximate surface area is 258 Å². The molecule has 2 aliphatic carbocycles. The van der Waals surface area contributed by atoms with Gasteiger partial charge in [0.05, 0.1) is 34.5 Å². The van der Waals surface area contributed by atoms with Gasteiger partial charge in [0.2, 0.25) is 23.6 Å². The Morgan fingerprint density at radius 3 is 2.26 bits per heavy atom. The van der Waals surface area contributed by atoms with E-state index in [0.29, 0.717) is 28.4 Å². The second kappa shape index (κ2) is 9.79. The summed E-state index contributed by atoms with van der Waals surface area (Å²) in [5.74, 6) is -4.51. The maximum absolute atomic E-state index is 14.4. The zero-order chi connectivity index (χ0) is 30.4. The number of allylic oxidation sites excluding steroid dienone is 2. The molecule has 0 spiro atoms. The van der Waals surface area contributed by atoms with Crippen LogP contribution in [0.4, 0.5) is 11.4 Å². The topological polar surface area (TPSA) is 95.0 Å². The van der Waals surface area contributed by atoms with Crippen molar-refractivity contribution in [2.75, 3.05) is 9.80 Å². The lowest BCUT2D eigenvalue weighted by molar-refractivity contribution is -0.131. The molecule has 2 aliphatic heterocycles. The summed E-state index contributed by atoms with van der Waals surface area (Å²) in [5.41, 5.74) is 1.94. The molecular formula is C34H28Cl2N2O5. The number of fused-ring (bicyclic) bond motifs is 4. The van der Waals surface area contributed by atoms with Gasteiger partial charge in [-0.15, -0.1) is 0 Å². The summed E-state index contributed by atoms with van der Waals surface area (Å²) < 4.78 is 0. The molecule has 1 saturated carbocycles. The molecule has 4 aliphatic rings. The van der Waals surface area contributed by atoms with E-state index < -0.39 is 35.0 Å². The van der Waals surface area contributed by atoms with E-state index in [-0.39, 0.29) is 40.8 Å². The minimum atomic E-state index is -1.21. The van der Waals surface area contributed by atoms with E-state index in [2.05, 4.69) is 0 Å². The van der Waals surface area contributed by atoms with Gasteiger partial charge in [0.1, 0.15) is 5.75 Å². The molecule has 7 rings (SSSR count). The average Bonchev–Trinajstić information content (AvgIpc) is 3.35. The van der Waals surface area contributed by atoms with Gasteiger partial charge >= 0.3 is 0 Å². The third-order valence-corrected chi connectivity index (χ3v) is 10.7. The number of carbonyl (C=O) groups excluding carboxylic acids is 4. The lowest BCUT2D eigenvalue weighted by Gasteiger charge is -2.49. The van der Waals surface area contributed by atoms with Crippen LogP contribution in [-0.4, -0.2) is 28.7 Å². The molecule has 4 amide bonds. The molecule has 9 heteroatoms. The van der Waals surface area contributed by atoms with Crippen molar-refractivity contribution in [3.05, 3.63) is 99.6 Å². The maximum atomic E-state index is 14.4. The van der Waals surface area contributed by atoms with Gasteiger partial charge in [0.25, 0.3) is 0 Å². The van der Waals surface area contributed by atoms with Crippen molar-refractivity contribution in [3.63, 3.8) is 0 Å². The first-order valence-corrected chi connectivity index (χ1v) is 15.1. The predicted molar refractivity (Wildman–Crippen MR) is 163 cm³/mol. The van der Waals surface area contributed by atoms with Gasteiger partial charge < -0.3 is 5.11 Å². The van der Waals surface area contributed by atoms with E-state index in [9.17, 15) is 24.3 Å². The third-order valence-electron chi connectivity index (χ3n) is 10.00. The molecular weight excluding hydrogens is 587 g/mol.